The first kappa shape index (κ1) is 20.5. The number of hydrogen-bond donors (Lipinski definition) is 0. The third-order valence-corrected chi connectivity index (χ3v) is 6.46. The Bertz CT molecular complexity index is 1140. The molecule has 2 fully saturated rings. The fourth-order valence-corrected chi connectivity index (χ4v) is 4.81. The number of nitrogens with zero attached hydrogens (tertiary/aromatic N) is 2. The van der Waals surface area contributed by atoms with Gasteiger partial charge in [-0.15, -0.1) is 0 Å². The SMILES string of the molecule is COc1ccc(C=Nc2ccccc2[C@H]2C[C@@]3(C)OC[C@H](c4ccccc4)N3C2=O)cc1. The summed E-state index contributed by atoms with van der Waals surface area (Å²) in [5, 5.41) is 0. The van der Waals surface area contributed by atoms with Crippen LogP contribution in [0.5, 0.6) is 5.75 Å². The molecular weight excluding hydrogens is 400 g/mol. The second kappa shape index (κ2) is 8.24. The molecule has 3 atom stereocenters. The summed E-state index contributed by atoms with van der Waals surface area (Å²) >= 11 is 0. The lowest BCUT2D eigenvalue weighted by Gasteiger charge is -2.29. The van der Waals surface area contributed by atoms with Crippen LogP contribution in [-0.2, 0) is 9.53 Å². The highest BCUT2D eigenvalue weighted by Gasteiger charge is 2.56. The molecule has 2 aliphatic rings. The Kier molecular flexibility index (Phi) is 5.27. The molecule has 2 saturated heterocycles. The number of amides is 1. The Morgan fingerprint density at radius 1 is 1.03 bits per heavy atom. The van der Waals surface area contributed by atoms with Crippen LogP contribution in [0.15, 0.2) is 83.9 Å². The number of hydrogen-bond acceptors (Lipinski definition) is 4. The molecule has 0 spiro atoms. The minimum absolute atomic E-state index is 0.0614. The largest absolute Gasteiger partial charge is 0.497 e. The zero-order valence-corrected chi connectivity index (χ0v) is 18.3. The molecule has 1 amide bonds. The summed E-state index contributed by atoms with van der Waals surface area (Å²) in [5.74, 6) is 0.627. The zero-order valence-electron chi connectivity index (χ0n) is 18.3. The highest BCUT2D eigenvalue weighted by molar-refractivity contribution is 5.90. The molecular formula is C27H26N2O3. The molecule has 0 N–H and O–H groups in total. The number of fused-ring (bicyclic) bond motifs is 1. The van der Waals surface area contributed by atoms with Crippen molar-refractivity contribution in [2.24, 2.45) is 4.99 Å². The first-order chi connectivity index (χ1) is 15.6. The lowest BCUT2D eigenvalue weighted by molar-refractivity contribution is -0.137. The van der Waals surface area contributed by atoms with Gasteiger partial charge in [-0.1, -0.05) is 48.5 Å². The molecule has 2 aliphatic heterocycles. The van der Waals surface area contributed by atoms with Crippen molar-refractivity contribution in [1.82, 2.24) is 4.90 Å². The molecule has 5 nitrogen and oxygen atoms in total. The van der Waals surface area contributed by atoms with Crippen LogP contribution < -0.4 is 4.74 Å². The van der Waals surface area contributed by atoms with Gasteiger partial charge in [-0.3, -0.25) is 9.79 Å². The molecule has 0 aliphatic carbocycles. The smallest absolute Gasteiger partial charge is 0.233 e. The average molecular weight is 427 g/mol. The van der Waals surface area contributed by atoms with Crippen LogP contribution in [-0.4, -0.2) is 36.5 Å². The lowest BCUT2D eigenvalue weighted by atomic mass is 9.93. The summed E-state index contributed by atoms with van der Waals surface area (Å²) in [6, 6.07) is 25.7. The van der Waals surface area contributed by atoms with E-state index in [9.17, 15) is 4.79 Å². The van der Waals surface area contributed by atoms with Crippen LogP contribution in [0, 0.1) is 0 Å². The van der Waals surface area contributed by atoms with Gasteiger partial charge < -0.3 is 14.4 Å². The summed E-state index contributed by atoms with van der Waals surface area (Å²) in [4.78, 5) is 20.3. The molecule has 3 aromatic rings. The quantitative estimate of drug-likeness (QED) is 0.524. The molecule has 5 rings (SSSR count). The van der Waals surface area contributed by atoms with Gasteiger partial charge in [0.25, 0.3) is 0 Å². The normalized spacial score (nSPS) is 24.8. The van der Waals surface area contributed by atoms with Gasteiger partial charge in [0, 0.05) is 12.6 Å². The van der Waals surface area contributed by atoms with E-state index in [0.29, 0.717) is 13.0 Å². The molecule has 0 bridgehead atoms. The Hall–Kier alpha value is -3.44. The zero-order chi connectivity index (χ0) is 22.1. The topological polar surface area (TPSA) is 51.1 Å². The van der Waals surface area contributed by atoms with Gasteiger partial charge in [-0.05, 0) is 53.9 Å². The number of aliphatic imine (C=N–C) groups is 1. The number of carbonyl (C=O) groups excluding carboxylic acids is 1. The van der Waals surface area contributed by atoms with E-state index in [4.69, 9.17) is 14.5 Å². The van der Waals surface area contributed by atoms with E-state index in [1.807, 2.05) is 84.8 Å². The molecule has 0 saturated carbocycles. The average Bonchev–Trinajstić information content (AvgIpc) is 3.31. The van der Waals surface area contributed by atoms with Crippen LogP contribution in [0.25, 0.3) is 0 Å². The van der Waals surface area contributed by atoms with Gasteiger partial charge in [0.15, 0.2) is 0 Å². The molecule has 5 heteroatoms. The second-order valence-electron chi connectivity index (χ2n) is 8.47. The van der Waals surface area contributed by atoms with E-state index in [0.717, 1.165) is 28.1 Å². The lowest BCUT2D eigenvalue weighted by Crippen LogP contribution is -2.40. The molecule has 0 aromatic heterocycles. The van der Waals surface area contributed by atoms with Crippen LogP contribution in [0.4, 0.5) is 5.69 Å². The van der Waals surface area contributed by atoms with E-state index >= 15 is 0 Å². The summed E-state index contributed by atoms with van der Waals surface area (Å²) in [6.45, 7) is 2.55. The number of methoxy groups -OCH3 is 1. The Morgan fingerprint density at radius 3 is 2.50 bits per heavy atom. The van der Waals surface area contributed by atoms with E-state index in [1.165, 1.54) is 0 Å². The maximum atomic E-state index is 13.7. The van der Waals surface area contributed by atoms with Crippen LogP contribution >= 0.6 is 0 Å². The van der Waals surface area contributed by atoms with Gasteiger partial charge in [-0.2, -0.15) is 0 Å². The van der Waals surface area contributed by atoms with Crippen molar-refractivity contribution in [2.45, 2.75) is 31.0 Å². The summed E-state index contributed by atoms with van der Waals surface area (Å²) in [7, 11) is 1.65. The third kappa shape index (κ3) is 3.59. The maximum absolute atomic E-state index is 13.7. The number of para-hydroxylation sites is 1. The van der Waals surface area contributed by atoms with Crippen molar-refractivity contribution in [1.29, 1.82) is 0 Å². The van der Waals surface area contributed by atoms with Gasteiger partial charge in [-0.25, -0.2) is 0 Å². The first-order valence-electron chi connectivity index (χ1n) is 10.9. The van der Waals surface area contributed by atoms with E-state index in [1.54, 1.807) is 7.11 Å². The highest BCUT2D eigenvalue weighted by Crippen LogP contribution is 2.50. The molecule has 0 unspecified atom stereocenters. The van der Waals surface area contributed by atoms with Crippen LogP contribution in [0.2, 0.25) is 0 Å². The highest BCUT2D eigenvalue weighted by atomic mass is 16.5. The summed E-state index contributed by atoms with van der Waals surface area (Å²) < 4.78 is 11.4. The minimum Gasteiger partial charge on any atom is -0.497 e. The summed E-state index contributed by atoms with van der Waals surface area (Å²) in [6.07, 6.45) is 2.44. The van der Waals surface area contributed by atoms with Gasteiger partial charge in [0.05, 0.1) is 31.4 Å². The first-order valence-corrected chi connectivity index (χ1v) is 10.9. The van der Waals surface area contributed by atoms with Crippen molar-refractivity contribution in [3.63, 3.8) is 0 Å². The Balaban J connectivity index is 1.43. The predicted octanol–water partition coefficient (Wildman–Crippen LogP) is 5.25. The predicted molar refractivity (Wildman–Crippen MR) is 124 cm³/mol. The van der Waals surface area contributed by atoms with Crippen LogP contribution in [0.1, 0.15) is 42.0 Å². The number of rotatable bonds is 5. The van der Waals surface area contributed by atoms with Gasteiger partial charge >= 0.3 is 0 Å². The Labute approximate surface area is 188 Å². The molecule has 0 radical (unpaired) electrons. The molecule has 162 valence electrons. The van der Waals surface area contributed by atoms with Gasteiger partial charge in [0.2, 0.25) is 5.91 Å². The van der Waals surface area contributed by atoms with Crippen molar-refractivity contribution in [2.75, 3.05) is 13.7 Å². The summed E-state index contributed by atoms with van der Waals surface area (Å²) in [5.41, 5.74) is 3.22. The number of ether oxygens (including phenoxy) is 2. The standard InChI is InChI=1S/C27H26N2O3/c1-27-16-23(26(30)29(27)25(18-32-27)20-8-4-3-5-9-20)22-10-6-7-11-24(22)28-17-19-12-14-21(31-2)15-13-19/h3-15,17,23,25H,16,18H2,1-2H3/t23-,25-,27-/m1/s1. The van der Waals surface area contributed by atoms with Crippen molar-refractivity contribution in [3.05, 3.63) is 95.6 Å². The molecule has 3 aromatic carbocycles. The Morgan fingerprint density at radius 2 is 1.75 bits per heavy atom. The van der Waals surface area contributed by atoms with Gasteiger partial charge in [0.1, 0.15) is 11.5 Å². The fraction of sp³-hybridized carbons (Fsp3) is 0.259. The van der Waals surface area contributed by atoms with Crippen molar-refractivity contribution in [3.8, 4) is 5.75 Å². The number of benzene rings is 3. The second-order valence-corrected chi connectivity index (χ2v) is 8.47. The van der Waals surface area contributed by atoms with E-state index < -0.39 is 5.72 Å². The van der Waals surface area contributed by atoms with Crippen molar-refractivity contribution < 1.29 is 14.3 Å². The monoisotopic (exact) mass is 426 g/mol. The van der Waals surface area contributed by atoms with Crippen LogP contribution in [0.3, 0.4) is 0 Å². The maximum Gasteiger partial charge on any atom is 0.233 e. The third-order valence-electron chi connectivity index (χ3n) is 6.46. The minimum atomic E-state index is -0.602. The van der Waals surface area contributed by atoms with Crippen molar-refractivity contribution >= 4 is 17.8 Å². The number of carbonyl (C=O) groups is 1. The van der Waals surface area contributed by atoms with E-state index in [2.05, 4.69) is 12.1 Å². The molecule has 32 heavy (non-hydrogen) atoms. The van der Waals surface area contributed by atoms with E-state index in [-0.39, 0.29) is 17.9 Å². The fourth-order valence-electron chi connectivity index (χ4n) is 4.81. The molecule has 2 heterocycles.